The van der Waals surface area contributed by atoms with Crippen LogP contribution in [0.3, 0.4) is 0 Å². The number of esters is 1. The van der Waals surface area contributed by atoms with E-state index in [-0.39, 0.29) is 12.0 Å². The number of hydrogen-bond acceptors (Lipinski definition) is 7. The molecule has 6 nitrogen and oxygen atoms in total. The Morgan fingerprint density at radius 1 is 1.14 bits per heavy atom. The van der Waals surface area contributed by atoms with Crippen molar-refractivity contribution in [1.82, 2.24) is 10.3 Å². The topological polar surface area (TPSA) is 72.5 Å². The summed E-state index contributed by atoms with van der Waals surface area (Å²) in [5.41, 5.74) is 2.49. The number of thiophene rings is 1. The van der Waals surface area contributed by atoms with Crippen LogP contribution in [0.5, 0.6) is 11.5 Å². The van der Waals surface area contributed by atoms with Crippen molar-refractivity contribution in [3.8, 4) is 11.5 Å². The second-order valence-electron chi connectivity index (χ2n) is 8.13. The largest absolute Gasteiger partial charge is 0.492 e. The number of anilines is 1. The molecule has 0 aliphatic carbocycles. The van der Waals surface area contributed by atoms with Gasteiger partial charge < -0.3 is 20.1 Å². The van der Waals surface area contributed by atoms with Crippen LogP contribution in [0.1, 0.15) is 34.8 Å². The van der Waals surface area contributed by atoms with E-state index in [0.717, 1.165) is 50.8 Å². The molecule has 1 unspecified atom stereocenters. The van der Waals surface area contributed by atoms with Crippen LogP contribution in [-0.2, 0) is 0 Å². The number of carbonyl (C=O) groups excluding carboxylic acids is 1. The van der Waals surface area contributed by atoms with Gasteiger partial charge in [0.05, 0.1) is 26.9 Å². The zero-order valence-corrected chi connectivity index (χ0v) is 22.7. The molecule has 35 heavy (non-hydrogen) atoms. The average Bonchev–Trinajstić information content (AvgIpc) is 3.34. The van der Waals surface area contributed by atoms with Gasteiger partial charge in [-0.2, -0.15) is 0 Å². The molecule has 1 aliphatic rings. The first-order valence-electron chi connectivity index (χ1n) is 11.3. The molecule has 0 bridgehead atoms. The van der Waals surface area contributed by atoms with Gasteiger partial charge in [-0.25, -0.2) is 9.78 Å². The second kappa shape index (κ2) is 11.1. The quantitative estimate of drug-likeness (QED) is 0.165. The maximum atomic E-state index is 12.6. The highest BCUT2D eigenvalue weighted by Gasteiger charge is 2.23. The molecule has 2 aromatic heterocycles. The molecule has 180 valence electrons. The first kappa shape index (κ1) is 24.2. The van der Waals surface area contributed by atoms with E-state index in [2.05, 4.69) is 53.5 Å². The number of ether oxygens (including phenoxy) is 2. The van der Waals surface area contributed by atoms with E-state index in [1.807, 2.05) is 35.7 Å². The Bertz CT molecular complexity index is 1350. The van der Waals surface area contributed by atoms with Crippen molar-refractivity contribution in [3.63, 3.8) is 0 Å². The fourth-order valence-corrected chi connectivity index (χ4v) is 6.20. The van der Waals surface area contributed by atoms with Gasteiger partial charge in [0.2, 0.25) is 0 Å². The van der Waals surface area contributed by atoms with E-state index < -0.39 is 0 Å². The third-order valence-electron chi connectivity index (χ3n) is 5.70. The van der Waals surface area contributed by atoms with E-state index >= 15 is 0 Å². The minimum Gasteiger partial charge on any atom is -0.492 e. The molecule has 0 saturated heterocycles. The number of aromatic nitrogens is 1. The minimum atomic E-state index is -0.378. The van der Waals surface area contributed by atoms with Crippen LogP contribution in [0.4, 0.5) is 5.82 Å². The van der Waals surface area contributed by atoms with Crippen LogP contribution in [0, 0.1) is 0 Å². The standard InChI is InChI=1S/C26H23Br2N3O3S/c27-17-13-18-20(7-11-33-24(18)19(28)14-17)29-9-4-10-30-23-15-22(25-21(31-23)8-12-35-25)34-26(32)16-5-2-1-3-6-16/h1-3,5-6,8,12-15,20,29H,4,7,9-11H2,(H,30,31). The van der Waals surface area contributed by atoms with Crippen LogP contribution in [0.25, 0.3) is 10.2 Å². The van der Waals surface area contributed by atoms with E-state index in [4.69, 9.17) is 9.47 Å². The van der Waals surface area contributed by atoms with Gasteiger partial charge in [0, 0.05) is 35.1 Å². The van der Waals surface area contributed by atoms with Crippen molar-refractivity contribution in [2.24, 2.45) is 0 Å². The van der Waals surface area contributed by atoms with Crippen LogP contribution in [-0.4, -0.2) is 30.6 Å². The van der Waals surface area contributed by atoms with Crippen molar-refractivity contribution >= 4 is 65.2 Å². The average molecular weight is 617 g/mol. The highest BCUT2D eigenvalue weighted by atomic mass is 79.9. The fourth-order valence-electron chi connectivity index (χ4n) is 4.04. The van der Waals surface area contributed by atoms with Crippen LogP contribution in [0.15, 0.2) is 68.9 Å². The van der Waals surface area contributed by atoms with Gasteiger partial charge in [-0.15, -0.1) is 11.3 Å². The lowest BCUT2D eigenvalue weighted by atomic mass is 10.0. The zero-order valence-electron chi connectivity index (χ0n) is 18.7. The van der Waals surface area contributed by atoms with Crippen LogP contribution in [0.2, 0.25) is 0 Å². The molecule has 1 aliphatic heterocycles. The summed E-state index contributed by atoms with van der Waals surface area (Å²) in [6, 6.07) is 17.1. The van der Waals surface area contributed by atoms with Gasteiger partial charge in [-0.1, -0.05) is 34.1 Å². The van der Waals surface area contributed by atoms with Crippen LogP contribution < -0.4 is 20.1 Å². The molecule has 0 saturated carbocycles. The lowest BCUT2D eigenvalue weighted by Gasteiger charge is -2.28. The Morgan fingerprint density at radius 3 is 2.86 bits per heavy atom. The number of fused-ring (bicyclic) bond motifs is 2. The van der Waals surface area contributed by atoms with E-state index in [9.17, 15) is 4.79 Å². The predicted molar refractivity (Wildman–Crippen MR) is 147 cm³/mol. The third kappa shape index (κ3) is 5.69. The molecular weight excluding hydrogens is 594 g/mol. The summed E-state index contributed by atoms with van der Waals surface area (Å²) in [5, 5.41) is 8.98. The summed E-state index contributed by atoms with van der Waals surface area (Å²) in [7, 11) is 0. The Kier molecular flexibility index (Phi) is 7.67. The van der Waals surface area contributed by atoms with Gasteiger partial charge in [0.1, 0.15) is 11.6 Å². The molecule has 4 aromatic rings. The minimum absolute atomic E-state index is 0.247. The number of hydrogen-bond donors (Lipinski definition) is 2. The smallest absolute Gasteiger partial charge is 0.343 e. The Balaban J connectivity index is 1.19. The first-order chi connectivity index (χ1) is 17.1. The third-order valence-corrected chi connectivity index (χ3v) is 7.67. The fraction of sp³-hybridized carbons (Fsp3) is 0.231. The maximum Gasteiger partial charge on any atom is 0.343 e. The number of pyridine rings is 1. The summed E-state index contributed by atoms with van der Waals surface area (Å²) in [6.45, 7) is 2.27. The number of halogens is 2. The van der Waals surface area contributed by atoms with Crippen molar-refractivity contribution in [1.29, 1.82) is 0 Å². The molecule has 2 N–H and O–H groups in total. The van der Waals surface area contributed by atoms with Crippen molar-refractivity contribution in [3.05, 3.63) is 80.0 Å². The summed E-state index contributed by atoms with van der Waals surface area (Å²) in [5.74, 6) is 1.75. The molecule has 3 heterocycles. The van der Waals surface area contributed by atoms with E-state index in [1.165, 1.54) is 16.9 Å². The summed E-state index contributed by atoms with van der Waals surface area (Å²) in [6.07, 6.45) is 1.83. The van der Waals surface area contributed by atoms with Crippen molar-refractivity contribution in [2.75, 3.05) is 25.0 Å². The number of benzene rings is 2. The second-order valence-corrected chi connectivity index (χ2v) is 10.8. The SMILES string of the molecule is O=C(Oc1cc(NCCCNC2CCOc3c(Br)cc(Br)cc32)nc2ccsc12)c1ccccc1. The van der Waals surface area contributed by atoms with Crippen molar-refractivity contribution < 1.29 is 14.3 Å². The molecule has 9 heteroatoms. The number of nitrogens with zero attached hydrogens (tertiary/aromatic N) is 1. The van der Waals surface area contributed by atoms with Gasteiger partial charge in [0.25, 0.3) is 0 Å². The van der Waals surface area contributed by atoms with Gasteiger partial charge in [-0.3, -0.25) is 0 Å². The lowest BCUT2D eigenvalue weighted by Crippen LogP contribution is -2.29. The Labute approximate surface area is 224 Å². The Morgan fingerprint density at radius 2 is 2.00 bits per heavy atom. The molecular formula is C26H23Br2N3O3S. The summed E-state index contributed by atoms with van der Waals surface area (Å²) >= 11 is 8.68. The normalized spacial score (nSPS) is 14.9. The monoisotopic (exact) mass is 615 g/mol. The van der Waals surface area contributed by atoms with E-state index in [0.29, 0.717) is 23.7 Å². The molecule has 1 atom stereocenters. The summed E-state index contributed by atoms with van der Waals surface area (Å²) < 4.78 is 14.4. The van der Waals surface area contributed by atoms with Gasteiger partial charge in [-0.05, 0) is 64.6 Å². The maximum absolute atomic E-state index is 12.6. The molecule has 0 amide bonds. The number of carbonyl (C=O) groups is 1. The lowest BCUT2D eigenvalue weighted by molar-refractivity contribution is 0.0737. The molecule has 0 spiro atoms. The summed E-state index contributed by atoms with van der Waals surface area (Å²) in [4.78, 5) is 17.3. The van der Waals surface area contributed by atoms with Gasteiger partial charge in [0.15, 0.2) is 5.75 Å². The van der Waals surface area contributed by atoms with E-state index in [1.54, 1.807) is 18.2 Å². The Hall–Kier alpha value is -2.46. The van der Waals surface area contributed by atoms with Gasteiger partial charge >= 0.3 is 5.97 Å². The highest BCUT2D eigenvalue weighted by molar-refractivity contribution is 9.11. The molecule has 5 rings (SSSR count). The molecule has 2 aromatic carbocycles. The zero-order chi connectivity index (χ0) is 24.2. The predicted octanol–water partition coefficient (Wildman–Crippen LogP) is 6.96. The number of nitrogens with one attached hydrogen (secondary N) is 2. The van der Waals surface area contributed by atoms with Crippen LogP contribution >= 0.6 is 43.2 Å². The highest BCUT2D eigenvalue weighted by Crippen LogP contribution is 2.40. The molecule has 0 fully saturated rings. The molecule has 0 radical (unpaired) electrons. The first-order valence-corrected chi connectivity index (χ1v) is 13.8. The number of rotatable bonds is 8. The van der Waals surface area contributed by atoms with Crippen molar-refractivity contribution in [2.45, 2.75) is 18.9 Å².